The molecule has 1 N–H and O–H groups in total. The minimum atomic E-state index is -3.97. The third-order valence-electron chi connectivity index (χ3n) is 4.02. The van der Waals surface area contributed by atoms with Crippen molar-refractivity contribution in [2.75, 3.05) is 6.54 Å². The Labute approximate surface area is 134 Å². The molecular formula is C14H17Cl2NO3S. The molecule has 1 amide bonds. The molecule has 0 radical (unpaired) electrons. The number of hydrogen-bond acceptors (Lipinski definition) is 3. The number of rotatable bonds is 4. The van der Waals surface area contributed by atoms with Crippen molar-refractivity contribution in [3.8, 4) is 0 Å². The van der Waals surface area contributed by atoms with Crippen molar-refractivity contribution >= 4 is 37.2 Å². The molecule has 0 bridgehead atoms. The largest absolute Gasteiger partial charge is 0.352 e. The molecule has 7 heteroatoms. The normalized spacial score (nSPS) is 22.2. The first-order valence-electron chi connectivity index (χ1n) is 6.81. The van der Waals surface area contributed by atoms with Gasteiger partial charge in [0, 0.05) is 22.8 Å². The molecule has 1 aromatic carbocycles. The maximum Gasteiger partial charge on any atom is 0.262 e. The summed E-state index contributed by atoms with van der Waals surface area (Å²) in [5.74, 6) is 0.777. The molecule has 0 spiro atoms. The smallest absolute Gasteiger partial charge is 0.262 e. The van der Waals surface area contributed by atoms with Crippen LogP contribution >= 0.6 is 22.3 Å². The fourth-order valence-corrected chi connectivity index (χ4v) is 4.18. The topological polar surface area (TPSA) is 63.2 Å². The molecule has 0 saturated heterocycles. The van der Waals surface area contributed by atoms with Gasteiger partial charge in [-0.3, -0.25) is 4.79 Å². The monoisotopic (exact) mass is 349 g/mol. The maximum absolute atomic E-state index is 12.1. The Morgan fingerprint density at radius 1 is 1.38 bits per heavy atom. The van der Waals surface area contributed by atoms with Crippen LogP contribution in [0, 0.1) is 11.8 Å². The molecule has 1 aliphatic rings. The summed E-state index contributed by atoms with van der Waals surface area (Å²) in [5, 5.41) is 2.86. The summed E-state index contributed by atoms with van der Waals surface area (Å²) < 4.78 is 22.8. The number of carbonyl (C=O) groups excluding carboxylic acids is 1. The van der Waals surface area contributed by atoms with Crippen LogP contribution in [0.2, 0.25) is 5.02 Å². The van der Waals surface area contributed by atoms with E-state index in [1.807, 2.05) is 0 Å². The summed E-state index contributed by atoms with van der Waals surface area (Å²) in [4.78, 5) is 11.9. The molecule has 21 heavy (non-hydrogen) atoms. The summed E-state index contributed by atoms with van der Waals surface area (Å²) in [6.07, 6.45) is 3.50. The van der Waals surface area contributed by atoms with Gasteiger partial charge in [0.2, 0.25) is 0 Å². The molecule has 0 heterocycles. The van der Waals surface area contributed by atoms with Crippen molar-refractivity contribution in [2.45, 2.75) is 31.1 Å². The zero-order chi connectivity index (χ0) is 15.6. The van der Waals surface area contributed by atoms with Gasteiger partial charge in [-0.05, 0) is 36.5 Å². The van der Waals surface area contributed by atoms with Crippen molar-refractivity contribution in [1.29, 1.82) is 0 Å². The van der Waals surface area contributed by atoms with Crippen LogP contribution in [-0.4, -0.2) is 20.9 Å². The third-order valence-corrected chi connectivity index (χ3v) is 5.82. The Morgan fingerprint density at radius 3 is 2.67 bits per heavy atom. The third kappa shape index (κ3) is 4.11. The SMILES string of the molecule is CC1CCCC1CNC(=O)c1ccc(Cl)c(S(=O)(=O)Cl)c1. The van der Waals surface area contributed by atoms with Crippen molar-refractivity contribution in [3.05, 3.63) is 28.8 Å². The van der Waals surface area contributed by atoms with Gasteiger partial charge in [0.1, 0.15) is 4.90 Å². The van der Waals surface area contributed by atoms with Crippen LogP contribution in [0.15, 0.2) is 23.1 Å². The second kappa shape index (κ2) is 6.55. The van der Waals surface area contributed by atoms with Gasteiger partial charge in [-0.15, -0.1) is 0 Å². The first kappa shape index (κ1) is 16.6. The fraction of sp³-hybridized carbons (Fsp3) is 0.500. The van der Waals surface area contributed by atoms with Crippen molar-refractivity contribution < 1.29 is 13.2 Å². The molecule has 0 aromatic heterocycles. The molecule has 4 nitrogen and oxygen atoms in total. The fourth-order valence-electron chi connectivity index (χ4n) is 2.68. The van der Waals surface area contributed by atoms with E-state index >= 15 is 0 Å². The van der Waals surface area contributed by atoms with E-state index in [1.54, 1.807) is 0 Å². The zero-order valence-corrected chi connectivity index (χ0v) is 13.9. The van der Waals surface area contributed by atoms with Crippen LogP contribution < -0.4 is 5.32 Å². The molecule has 1 fully saturated rings. The first-order chi connectivity index (χ1) is 9.79. The molecule has 116 valence electrons. The van der Waals surface area contributed by atoms with E-state index in [4.69, 9.17) is 22.3 Å². The quantitative estimate of drug-likeness (QED) is 0.846. The highest BCUT2D eigenvalue weighted by atomic mass is 35.7. The van der Waals surface area contributed by atoms with Crippen molar-refractivity contribution in [2.24, 2.45) is 11.8 Å². The molecule has 2 atom stereocenters. The van der Waals surface area contributed by atoms with Crippen molar-refractivity contribution in [1.82, 2.24) is 5.32 Å². The lowest BCUT2D eigenvalue weighted by molar-refractivity contribution is 0.0944. The Hall–Kier alpha value is -0.780. The number of benzene rings is 1. The second-order valence-electron chi connectivity index (χ2n) is 5.46. The van der Waals surface area contributed by atoms with Gasteiger partial charge in [0.25, 0.3) is 15.0 Å². The predicted octanol–water partition coefficient (Wildman–Crippen LogP) is 3.43. The average Bonchev–Trinajstić information content (AvgIpc) is 2.80. The Kier molecular flexibility index (Phi) is 5.17. The molecule has 2 rings (SSSR count). The van der Waals surface area contributed by atoms with Gasteiger partial charge in [-0.25, -0.2) is 8.42 Å². The van der Waals surface area contributed by atoms with E-state index in [1.165, 1.54) is 31.0 Å². The lowest BCUT2D eigenvalue weighted by Gasteiger charge is -2.16. The summed E-state index contributed by atoms with van der Waals surface area (Å²) in [5.41, 5.74) is 0.240. The van der Waals surface area contributed by atoms with Gasteiger partial charge in [0.15, 0.2) is 0 Å². The highest BCUT2D eigenvalue weighted by Crippen LogP contribution is 2.30. The number of nitrogens with one attached hydrogen (secondary N) is 1. The van der Waals surface area contributed by atoms with Gasteiger partial charge in [-0.2, -0.15) is 0 Å². The summed E-state index contributed by atoms with van der Waals surface area (Å²) in [6, 6.07) is 4.06. The number of halogens is 2. The molecule has 1 aliphatic carbocycles. The van der Waals surface area contributed by atoms with Gasteiger partial charge in [-0.1, -0.05) is 31.4 Å². The molecule has 1 aromatic rings. The first-order valence-corrected chi connectivity index (χ1v) is 9.50. The predicted molar refractivity (Wildman–Crippen MR) is 83.3 cm³/mol. The van der Waals surface area contributed by atoms with Crippen LogP contribution in [0.4, 0.5) is 0 Å². The highest BCUT2D eigenvalue weighted by molar-refractivity contribution is 8.13. The highest BCUT2D eigenvalue weighted by Gasteiger charge is 2.24. The van der Waals surface area contributed by atoms with E-state index < -0.39 is 9.05 Å². The molecule has 0 aliphatic heterocycles. The molecule has 1 saturated carbocycles. The number of carbonyl (C=O) groups is 1. The minimum Gasteiger partial charge on any atom is -0.352 e. The maximum atomic E-state index is 12.1. The van der Waals surface area contributed by atoms with Crippen LogP contribution in [0.1, 0.15) is 36.5 Å². The lowest BCUT2D eigenvalue weighted by Crippen LogP contribution is -2.30. The average molecular weight is 350 g/mol. The molecular weight excluding hydrogens is 333 g/mol. The van der Waals surface area contributed by atoms with Crippen LogP contribution in [0.25, 0.3) is 0 Å². The van der Waals surface area contributed by atoms with Gasteiger partial charge >= 0.3 is 0 Å². The van der Waals surface area contributed by atoms with E-state index in [9.17, 15) is 13.2 Å². The Balaban J connectivity index is 2.09. The van der Waals surface area contributed by atoms with Gasteiger partial charge in [0.05, 0.1) is 5.02 Å². The van der Waals surface area contributed by atoms with E-state index in [0.717, 1.165) is 6.42 Å². The summed E-state index contributed by atoms with van der Waals surface area (Å²) >= 11 is 5.79. The van der Waals surface area contributed by atoms with Crippen LogP contribution in [-0.2, 0) is 9.05 Å². The minimum absolute atomic E-state index is 0.00552. The second-order valence-corrected chi connectivity index (χ2v) is 8.40. The Morgan fingerprint density at radius 2 is 2.10 bits per heavy atom. The van der Waals surface area contributed by atoms with Crippen molar-refractivity contribution in [3.63, 3.8) is 0 Å². The van der Waals surface area contributed by atoms with E-state index in [-0.39, 0.29) is 21.4 Å². The number of amides is 1. The molecule has 2 unspecified atom stereocenters. The summed E-state index contributed by atoms with van der Waals surface area (Å²) in [7, 11) is 1.33. The van der Waals surface area contributed by atoms with Crippen LogP contribution in [0.3, 0.4) is 0 Å². The van der Waals surface area contributed by atoms with E-state index in [2.05, 4.69) is 12.2 Å². The lowest BCUT2D eigenvalue weighted by atomic mass is 9.98. The number of hydrogen-bond donors (Lipinski definition) is 1. The zero-order valence-electron chi connectivity index (χ0n) is 11.6. The summed E-state index contributed by atoms with van der Waals surface area (Å²) in [6.45, 7) is 2.79. The standard InChI is InChI=1S/C14H17Cl2NO3S/c1-9-3-2-4-11(9)8-17-14(18)10-5-6-12(15)13(7-10)21(16,19)20/h5-7,9,11H,2-4,8H2,1H3,(H,17,18). The van der Waals surface area contributed by atoms with E-state index in [0.29, 0.717) is 18.4 Å². The van der Waals surface area contributed by atoms with Crippen LogP contribution in [0.5, 0.6) is 0 Å². The van der Waals surface area contributed by atoms with Gasteiger partial charge < -0.3 is 5.32 Å². The Bertz CT molecular complexity index is 646.